The van der Waals surface area contributed by atoms with E-state index in [4.69, 9.17) is 9.47 Å². The van der Waals surface area contributed by atoms with Crippen molar-refractivity contribution in [2.75, 3.05) is 0 Å². The van der Waals surface area contributed by atoms with Crippen LogP contribution in [0.1, 0.15) is 32.6 Å². The van der Waals surface area contributed by atoms with Gasteiger partial charge in [-0.25, -0.2) is 4.79 Å². The highest BCUT2D eigenvalue weighted by atomic mass is 16.6. The van der Waals surface area contributed by atoms with Gasteiger partial charge in [0, 0.05) is 11.5 Å². The molecule has 102 valence electrons. The standard InChI is InChI=1S/C15H18O4/c1-9-11-6-5-10(8-16)4-3-7-15(2)13(19-15)12(11)18-14(9)17/h4,8,11-13H,1,3,5-7H2,2H3/t11-,12-,13+,15+/m0/s1. The lowest BCUT2D eigenvalue weighted by Gasteiger charge is -2.18. The molecule has 0 aromatic rings. The number of hydrogen-bond acceptors (Lipinski definition) is 4. The van der Waals surface area contributed by atoms with Crippen LogP contribution in [-0.4, -0.2) is 30.1 Å². The third-order valence-corrected chi connectivity index (χ3v) is 4.53. The van der Waals surface area contributed by atoms with Gasteiger partial charge in [-0.1, -0.05) is 12.7 Å². The molecule has 0 unspecified atom stereocenters. The van der Waals surface area contributed by atoms with Crippen LogP contribution >= 0.6 is 0 Å². The Hall–Kier alpha value is -1.42. The highest BCUT2D eigenvalue weighted by Crippen LogP contribution is 2.49. The number of esters is 1. The monoisotopic (exact) mass is 262 g/mol. The van der Waals surface area contributed by atoms with Gasteiger partial charge >= 0.3 is 5.97 Å². The molecule has 0 aromatic carbocycles. The van der Waals surface area contributed by atoms with E-state index < -0.39 is 0 Å². The van der Waals surface area contributed by atoms with E-state index in [-0.39, 0.29) is 29.7 Å². The van der Waals surface area contributed by atoms with Crippen LogP contribution in [0.2, 0.25) is 0 Å². The maximum Gasteiger partial charge on any atom is 0.334 e. The zero-order valence-corrected chi connectivity index (χ0v) is 11.1. The van der Waals surface area contributed by atoms with Crippen LogP contribution in [-0.2, 0) is 19.1 Å². The van der Waals surface area contributed by atoms with Crippen LogP contribution in [0.4, 0.5) is 0 Å². The Bertz CT molecular complexity index is 479. The maximum absolute atomic E-state index is 11.7. The summed E-state index contributed by atoms with van der Waals surface area (Å²) in [6, 6.07) is 0. The van der Waals surface area contributed by atoms with Gasteiger partial charge in [-0.15, -0.1) is 0 Å². The first-order valence-corrected chi connectivity index (χ1v) is 6.77. The Balaban J connectivity index is 1.88. The first-order chi connectivity index (χ1) is 9.05. The summed E-state index contributed by atoms with van der Waals surface area (Å²) < 4.78 is 11.2. The molecule has 3 aliphatic rings. The minimum Gasteiger partial charge on any atom is -0.455 e. The van der Waals surface area contributed by atoms with Gasteiger partial charge in [0.25, 0.3) is 0 Å². The molecule has 0 spiro atoms. The fourth-order valence-electron chi connectivity index (χ4n) is 3.19. The van der Waals surface area contributed by atoms with E-state index in [9.17, 15) is 9.59 Å². The zero-order chi connectivity index (χ0) is 13.6. The Morgan fingerprint density at radius 3 is 3.05 bits per heavy atom. The fraction of sp³-hybridized carbons (Fsp3) is 0.600. The number of carbonyl (C=O) groups is 2. The minimum absolute atomic E-state index is 0.0214. The summed E-state index contributed by atoms with van der Waals surface area (Å²) in [4.78, 5) is 22.7. The molecule has 19 heavy (non-hydrogen) atoms. The van der Waals surface area contributed by atoms with Crippen LogP contribution in [0.3, 0.4) is 0 Å². The normalized spacial score (nSPS) is 41.7. The Kier molecular flexibility index (Phi) is 2.86. The van der Waals surface area contributed by atoms with E-state index >= 15 is 0 Å². The number of carbonyl (C=O) groups excluding carboxylic acids is 2. The lowest BCUT2D eigenvalue weighted by molar-refractivity contribution is -0.140. The van der Waals surface area contributed by atoms with E-state index in [1.807, 2.05) is 13.0 Å². The van der Waals surface area contributed by atoms with E-state index in [1.165, 1.54) is 0 Å². The van der Waals surface area contributed by atoms with Crippen molar-refractivity contribution in [3.63, 3.8) is 0 Å². The molecular weight excluding hydrogens is 244 g/mol. The SMILES string of the molecule is C=C1C(=O)O[C@@H]2[C@H]3O[C@]3(C)CCC=C(C=O)CC[C@@H]12. The van der Waals surface area contributed by atoms with Crippen LogP contribution in [0.5, 0.6) is 0 Å². The van der Waals surface area contributed by atoms with Crippen molar-refractivity contribution in [2.24, 2.45) is 5.92 Å². The summed E-state index contributed by atoms with van der Waals surface area (Å²) >= 11 is 0. The number of aldehydes is 1. The molecule has 0 aromatic heterocycles. The molecule has 4 heteroatoms. The molecule has 3 rings (SSSR count). The molecule has 2 heterocycles. The molecule has 2 saturated heterocycles. The summed E-state index contributed by atoms with van der Waals surface area (Å²) in [5.74, 6) is -0.343. The fourth-order valence-corrected chi connectivity index (χ4v) is 3.19. The quantitative estimate of drug-likeness (QED) is 0.313. The molecule has 0 amide bonds. The van der Waals surface area contributed by atoms with Crippen LogP contribution in [0.15, 0.2) is 23.8 Å². The van der Waals surface area contributed by atoms with Gasteiger partial charge < -0.3 is 9.47 Å². The Morgan fingerprint density at radius 2 is 2.32 bits per heavy atom. The average Bonchev–Trinajstić information content (AvgIpc) is 2.97. The third-order valence-electron chi connectivity index (χ3n) is 4.53. The summed E-state index contributed by atoms with van der Waals surface area (Å²) in [5.41, 5.74) is 1.10. The largest absolute Gasteiger partial charge is 0.455 e. The van der Waals surface area contributed by atoms with Gasteiger partial charge in [0.15, 0.2) is 0 Å². The molecule has 4 nitrogen and oxygen atoms in total. The molecule has 1 aliphatic carbocycles. The smallest absolute Gasteiger partial charge is 0.334 e. The molecular formula is C15H18O4. The second-order valence-electron chi connectivity index (χ2n) is 5.83. The topological polar surface area (TPSA) is 55.9 Å². The summed E-state index contributed by atoms with van der Waals surface area (Å²) in [5, 5.41) is 0. The summed E-state index contributed by atoms with van der Waals surface area (Å²) in [6.07, 6.45) is 5.71. The molecule has 0 N–H and O–H groups in total. The first-order valence-electron chi connectivity index (χ1n) is 6.77. The van der Waals surface area contributed by atoms with Crippen molar-refractivity contribution in [3.05, 3.63) is 23.8 Å². The van der Waals surface area contributed by atoms with Crippen LogP contribution in [0.25, 0.3) is 0 Å². The van der Waals surface area contributed by atoms with Crippen molar-refractivity contribution in [2.45, 2.75) is 50.4 Å². The highest BCUT2D eigenvalue weighted by molar-refractivity contribution is 5.91. The lowest BCUT2D eigenvalue weighted by Crippen LogP contribution is -2.28. The van der Waals surface area contributed by atoms with E-state index in [0.29, 0.717) is 12.0 Å². The van der Waals surface area contributed by atoms with Crippen LogP contribution in [0, 0.1) is 5.92 Å². The number of ether oxygens (including phenoxy) is 2. The van der Waals surface area contributed by atoms with Crippen molar-refractivity contribution in [3.8, 4) is 0 Å². The minimum atomic E-state index is -0.316. The second kappa shape index (κ2) is 4.30. The molecule has 2 fully saturated rings. The van der Waals surface area contributed by atoms with Gasteiger partial charge in [-0.2, -0.15) is 0 Å². The van der Waals surface area contributed by atoms with E-state index in [2.05, 4.69) is 6.58 Å². The molecule has 4 atom stereocenters. The maximum atomic E-state index is 11.7. The predicted molar refractivity (Wildman–Crippen MR) is 68.4 cm³/mol. The summed E-state index contributed by atoms with van der Waals surface area (Å²) in [7, 11) is 0. The molecule has 0 bridgehead atoms. The van der Waals surface area contributed by atoms with Gasteiger partial charge in [-0.3, -0.25) is 4.79 Å². The average molecular weight is 262 g/mol. The first kappa shape index (κ1) is 12.6. The lowest BCUT2D eigenvalue weighted by atomic mass is 9.84. The number of fused-ring (bicyclic) bond motifs is 3. The predicted octanol–water partition coefficient (Wildman–Crippen LogP) is 1.94. The van der Waals surface area contributed by atoms with Gasteiger partial charge in [-0.05, 0) is 38.2 Å². The molecule has 0 saturated carbocycles. The van der Waals surface area contributed by atoms with Gasteiger partial charge in [0.2, 0.25) is 0 Å². The van der Waals surface area contributed by atoms with Crippen molar-refractivity contribution in [1.82, 2.24) is 0 Å². The van der Waals surface area contributed by atoms with Gasteiger partial charge in [0.05, 0.1) is 5.60 Å². The molecule has 0 radical (unpaired) electrons. The number of rotatable bonds is 1. The van der Waals surface area contributed by atoms with Crippen LogP contribution < -0.4 is 0 Å². The highest BCUT2D eigenvalue weighted by Gasteiger charge is 2.61. The second-order valence-corrected chi connectivity index (χ2v) is 5.83. The number of epoxide rings is 1. The zero-order valence-electron chi connectivity index (χ0n) is 11.1. The Labute approximate surface area is 112 Å². The Morgan fingerprint density at radius 1 is 1.53 bits per heavy atom. The number of allylic oxidation sites excluding steroid dienone is 2. The van der Waals surface area contributed by atoms with Gasteiger partial charge in [0.1, 0.15) is 18.5 Å². The van der Waals surface area contributed by atoms with Crippen molar-refractivity contribution in [1.29, 1.82) is 0 Å². The van der Waals surface area contributed by atoms with Crippen molar-refractivity contribution < 1.29 is 19.1 Å². The molecule has 2 aliphatic heterocycles. The number of hydrogen-bond donors (Lipinski definition) is 0. The van der Waals surface area contributed by atoms with E-state index in [1.54, 1.807) is 0 Å². The van der Waals surface area contributed by atoms with E-state index in [0.717, 1.165) is 31.1 Å². The summed E-state index contributed by atoms with van der Waals surface area (Å²) in [6.45, 7) is 5.88. The van der Waals surface area contributed by atoms with Crippen molar-refractivity contribution >= 4 is 12.3 Å². The third kappa shape index (κ3) is 2.04.